The lowest BCUT2D eigenvalue weighted by atomic mass is 10.1. The summed E-state index contributed by atoms with van der Waals surface area (Å²) in [5, 5.41) is 13.9. The van der Waals surface area contributed by atoms with Crippen LogP contribution in [0.5, 0.6) is 0 Å². The molecule has 1 aliphatic heterocycles. The van der Waals surface area contributed by atoms with Gasteiger partial charge in [-0.2, -0.15) is 0 Å². The van der Waals surface area contributed by atoms with Crippen LogP contribution in [0.2, 0.25) is 0 Å². The largest absolute Gasteiger partial charge is 0.401 e. The third kappa shape index (κ3) is 5.04. The van der Waals surface area contributed by atoms with Gasteiger partial charge in [-0.05, 0) is 30.5 Å². The van der Waals surface area contributed by atoms with E-state index in [1.54, 1.807) is 12.1 Å². The molecule has 1 heterocycles. The van der Waals surface area contributed by atoms with E-state index < -0.39 is 5.91 Å². The van der Waals surface area contributed by atoms with Crippen LogP contribution in [-0.4, -0.2) is 30.8 Å². The third-order valence-electron chi connectivity index (χ3n) is 4.02. The number of nitrogens with two attached hydrogens (primary N) is 1. The van der Waals surface area contributed by atoms with Gasteiger partial charge in [0, 0.05) is 24.5 Å². The van der Waals surface area contributed by atoms with E-state index in [1.165, 1.54) is 0 Å². The number of amides is 1. The Morgan fingerprint density at radius 1 is 1.36 bits per heavy atom. The molecule has 25 heavy (non-hydrogen) atoms. The average molecular weight is 365 g/mol. The first-order chi connectivity index (χ1) is 11.8. The number of allylic oxidation sites excluding steroid dienone is 1. The highest BCUT2D eigenvalue weighted by Crippen LogP contribution is 2.23. The summed E-state index contributed by atoms with van der Waals surface area (Å²) in [4.78, 5) is 12.2. The maximum Gasteiger partial charge on any atom is 0.275 e. The number of morpholine rings is 1. The van der Waals surface area contributed by atoms with Crippen molar-refractivity contribution in [2.75, 3.05) is 18.4 Å². The minimum Gasteiger partial charge on any atom is -0.401 e. The highest BCUT2D eigenvalue weighted by Gasteiger charge is 2.21. The third-order valence-corrected chi connectivity index (χ3v) is 4.43. The number of ether oxygens (including phenoxy) is 1. The number of rotatable bonds is 5. The maximum atomic E-state index is 12.2. The summed E-state index contributed by atoms with van der Waals surface area (Å²) in [6.45, 7) is 7.34. The first-order valence-corrected chi connectivity index (χ1v) is 8.69. The summed E-state index contributed by atoms with van der Waals surface area (Å²) in [5.41, 5.74) is 7.42. The second-order valence-corrected chi connectivity index (χ2v) is 6.85. The summed E-state index contributed by atoms with van der Waals surface area (Å²) in [5.74, 6) is -0.628. The number of hydrogen-bond acceptors (Lipinski definition) is 5. The van der Waals surface area contributed by atoms with Crippen LogP contribution < -0.4 is 16.4 Å². The number of benzene rings is 1. The first kappa shape index (κ1) is 19.4. The van der Waals surface area contributed by atoms with Gasteiger partial charge in [-0.25, -0.2) is 0 Å². The van der Waals surface area contributed by atoms with E-state index in [0.717, 1.165) is 18.7 Å². The lowest BCUT2D eigenvalue weighted by Crippen LogP contribution is -2.38. The summed E-state index contributed by atoms with van der Waals surface area (Å²) in [7, 11) is 0. The lowest BCUT2D eigenvalue weighted by molar-refractivity contribution is -0.110. The van der Waals surface area contributed by atoms with Crippen molar-refractivity contribution in [3.05, 3.63) is 40.6 Å². The van der Waals surface area contributed by atoms with Gasteiger partial charge in [-0.15, -0.1) is 0 Å². The van der Waals surface area contributed by atoms with Gasteiger partial charge >= 0.3 is 0 Å². The second-order valence-electron chi connectivity index (χ2n) is 6.47. The zero-order valence-electron chi connectivity index (χ0n) is 14.7. The van der Waals surface area contributed by atoms with Gasteiger partial charge in [0.05, 0.1) is 17.2 Å². The van der Waals surface area contributed by atoms with E-state index in [4.69, 9.17) is 27.5 Å². The van der Waals surface area contributed by atoms with Crippen LogP contribution in [0.3, 0.4) is 0 Å². The predicted molar refractivity (Wildman–Crippen MR) is 101 cm³/mol. The van der Waals surface area contributed by atoms with E-state index >= 15 is 0 Å². The van der Waals surface area contributed by atoms with Crippen molar-refractivity contribution in [3.63, 3.8) is 0 Å². The van der Waals surface area contributed by atoms with Gasteiger partial charge in [0.2, 0.25) is 0 Å². The van der Waals surface area contributed by atoms with E-state index in [2.05, 4.69) is 10.6 Å². The average Bonchev–Trinajstić information content (AvgIpc) is 2.60. The fourth-order valence-corrected chi connectivity index (χ4v) is 2.77. The molecule has 0 radical (unpaired) electrons. The topological polar surface area (TPSA) is 100 Å². The Hall–Kier alpha value is -1.89. The van der Waals surface area contributed by atoms with Crippen molar-refractivity contribution >= 4 is 28.9 Å². The van der Waals surface area contributed by atoms with Crippen molar-refractivity contribution in [1.29, 1.82) is 5.41 Å². The molecule has 1 saturated heterocycles. The number of halogens is 1. The van der Waals surface area contributed by atoms with Gasteiger partial charge in [-0.1, -0.05) is 37.6 Å². The molecular formula is C18H25ClN4O2. The first-order valence-electron chi connectivity index (χ1n) is 8.31. The number of hydrogen-bond donors (Lipinski definition) is 4. The monoisotopic (exact) mass is 364 g/mol. The summed E-state index contributed by atoms with van der Waals surface area (Å²) < 4.78 is 5.89. The van der Waals surface area contributed by atoms with Crippen LogP contribution in [-0.2, 0) is 9.53 Å². The zero-order chi connectivity index (χ0) is 18.6. The standard InChI is InChI=1S/C18H25ClN4O2/c1-10(2)16(20)15(19)17(21)18(24)23-13-6-4-12(5-7-13)14-9-22-8-11(3)25-14/h4-7,10-11,14,21-22H,8-9,20H2,1-3H3,(H,23,24)/t11-,14-/m1/s1. The van der Waals surface area contributed by atoms with Crippen LogP contribution in [0.4, 0.5) is 5.69 Å². The molecule has 6 nitrogen and oxygen atoms in total. The Balaban J connectivity index is 2.02. The van der Waals surface area contributed by atoms with Gasteiger partial charge < -0.3 is 21.1 Å². The Kier molecular flexibility index (Phi) is 6.58. The van der Waals surface area contributed by atoms with Crippen molar-refractivity contribution in [2.45, 2.75) is 33.0 Å². The number of anilines is 1. The fraction of sp³-hybridized carbons (Fsp3) is 0.444. The molecule has 0 saturated carbocycles. The highest BCUT2D eigenvalue weighted by atomic mass is 35.5. The molecule has 2 rings (SSSR count). The fourth-order valence-electron chi connectivity index (χ4n) is 2.46. The molecule has 0 bridgehead atoms. The summed E-state index contributed by atoms with van der Waals surface area (Å²) >= 11 is 6.02. The van der Waals surface area contributed by atoms with E-state index in [1.807, 2.05) is 32.9 Å². The molecule has 0 aliphatic carbocycles. The molecule has 0 spiro atoms. The second kappa shape index (κ2) is 8.47. The summed E-state index contributed by atoms with van der Waals surface area (Å²) in [6, 6.07) is 7.38. The van der Waals surface area contributed by atoms with Crippen LogP contribution in [0.25, 0.3) is 0 Å². The van der Waals surface area contributed by atoms with Crippen LogP contribution in [0, 0.1) is 11.3 Å². The van der Waals surface area contributed by atoms with Crippen molar-refractivity contribution in [1.82, 2.24) is 5.32 Å². The van der Waals surface area contributed by atoms with Crippen LogP contribution in [0.15, 0.2) is 35.0 Å². The van der Waals surface area contributed by atoms with Gasteiger partial charge in [0.15, 0.2) is 0 Å². The Morgan fingerprint density at radius 2 is 2.00 bits per heavy atom. The highest BCUT2D eigenvalue weighted by molar-refractivity contribution is 6.60. The van der Waals surface area contributed by atoms with Crippen molar-refractivity contribution < 1.29 is 9.53 Å². The van der Waals surface area contributed by atoms with E-state index in [0.29, 0.717) is 11.4 Å². The molecule has 1 fully saturated rings. The van der Waals surface area contributed by atoms with Crippen LogP contribution >= 0.6 is 11.6 Å². The molecule has 0 unspecified atom stereocenters. The molecule has 5 N–H and O–H groups in total. The molecule has 1 aromatic rings. The minimum atomic E-state index is -0.592. The molecule has 1 aliphatic rings. The Morgan fingerprint density at radius 3 is 2.56 bits per heavy atom. The quantitative estimate of drug-likeness (QED) is 0.603. The SMILES string of the molecule is CC(C)C(N)=C(Cl)C(=N)C(=O)Nc1ccc([C@H]2CNC[C@@H](C)O2)cc1. The van der Waals surface area contributed by atoms with E-state index in [9.17, 15) is 4.79 Å². The smallest absolute Gasteiger partial charge is 0.275 e. The molecular weight excluding hydrogens is 340 g/mol. The van der Waals surface area contributed by atoms with E-state index in [-0.39, 0.29) is 28.9 Å². The molecule has 1 amide bonds. The molecule has 1 aromatic carbocycles. The Bertz CT molecular complexity index is 670. The maximum absolute atomic E-state index is 12.2. The number of carbonyl (C=O) groups excluding carboxylic acids is 1. The molecule has 2 atom stereocenters. The normalized spacial score (nSPS) is 21.6. The van der Waals surface area contributed by atoms with Gasteiger partial charge in [0.25, 0.3) is 5.91 Å². The number of nitrogens with one attached hydrogen (secondary N) is 3. The number of carbonyl (C=O) groups is 1. The van der Waals surface area contributed by atoms with Gasteiger partial charge in [-0.3, -0.25) is 10.2 Å². The Labute approximate surface area is 153 Å². The molecule has 7 heteroatoms. The van der Waals surface area contributed by atoms with Crippen molar-refractivity contribution in [2.24, 2.45) is 11.7 Å². The molecule has 136 valence electrons. The minimum absolute atomic E-state index is 0.00461. The zero-order valence-corrected chi connectivity index (χ0v) is 15.5. The lowest BCUT2D eigenvalue weighted by Gasteiger charge is -2.29. The predicted octanol–water partition coefficient (Wildman–Crippen LogP) is 2.76. The summed E-state index contributed by atoms with van der Waals surface area (Å²) in [6.07, 6.45) is 0.161. The molecule has 0 aromatic heterocycles. The van der Waals surface area contributed by atoms with Crippen LogP contribution in [0.1, 0.15) is 32.4 Å². The van der Waals surface area contributed by atoms with Crippen molar-refractivity contribution in [3.8, 4) is 0 Å². The van der Waals surface area contributed by atoms with Gasteiger partial charge in [0.1, 0.15) is 5.71 Å².